The molecule has 0 bridgehead atoms. The third-order valence-corrected chi connectivity index (χ3v) is 10.6. The monoisotopic (exact) mass is 745 g/mol. The number of esters is 1. The number of nitrogens with zero attached hydrogens (tertiary/aromatic N) is 3. The second-order valence-electron chi connectivity index (χ2n) is 14.1. The molecule has 0 spiro atoms. The lowest BCUT2D eigenvalue weighted by Crippen LogP contribution is -2.31. The van der Waals surface area contributed by atoms with Crippen LogP contribution in [0, 0.1) is 29.8 Å². The second-order valence-corrected chi connectivity index (χ2v) is 15.9. The Morgan fingerprint density at radius 3 is 2.36 bits per heavy atom. The number of benzene rings is 4. The maximum atomic E-state index is 15.6. The minimum atomic E-state index is -4.61. The number of hydrogen-bond acceptors (Lipinski definition) is 8. The number of amides is 1. The van der Waals surface area contributed by atoms with Gasteiger partial charge >= 0.3 is 5.97 Å². The van der Waals surface area contributed by atoms with Crippen molar-refractivity contribution in [3.8, 4) is 16.9 Å². The molecular formula is C40H44FN3O8S. The molecule has 0 radical (unpaired) electrons. The summed E-state index contributed by atoms with van der Waals surface area (Å²) in [5, 5.41) is 11.9. The Balaban J connectivity index is 1.45. The Hall–Kier alpha value is -5.30. The first kappa shape index (κ1) is 38.9. The molecule has 1 aliphatic heterocycles. The van der Waals surface area contributed by atoms with Crippen LogP contribution < -0.4 is 9.04 Å². The highest BCUT2D eigenvalue weighted by Gasteiger charge is 2.32. The molecule has 1 heterocycles. The van der Waals surface area contributed by atoms with E-state index in [0.29, 0.717) is 30.9 Å². The Kier molecular flexibility index (Phi) is 11.9. The molecule has 53 heavy (non-hydrogen) atoms. The summed E-state index contributed by atoms with van der Waals surface area (Å²) in [6, 6.07) is 20.0. The van der Waals surface area contributed by atoms with Gasteiger partial charge in [0, 0.05) is 25.5 Å². The smallest absolute Gasteiger partial charge is 0.306 e. The van der Waals surface area contributed by atoms with Crippen molar-refractivity contribution in [3.05, 3.63) is 117 Å². The molecule has 4 aromatic rings. The van der Waals surface area contributed by atoms with Crippen molar-refractivity contribution in [1.29, 1.82) is 0 Å². The third-order valence-electron chi connectivity index (χ3n) is 8.82. The average molecular weight is 746 g/mol. The van der Waals surface area contributed by atoms with Gasteiger partial charge in [0.15, 0.2) is 4.90 Å². The maximum Gasteiger partial charge on any atom is 0.306 e. The first-order chi connectivity index (χ1) is 25.0. The normalized spacial score (nSPS) is 13.2. The number of halogens is 1. The van der Waals surface area contributed by atoms with Gasteiger partial charge < -0.3 is 14.4 Å². The van der Waals surface area contributed by atoms with Crippen molar-refractivity contribution < 1.29 is 36.8 Å². The number of nitro groups is 1. The molecule has 280 valence electrons. The van der Waals surface area contributed by atoms with E-state index in [1.807, 2.05) is 38.1 Å². The Morgan fingerprint density at radius 1 is 1.00 bits per heavy atom. The summed E-state index contributed by atoms with van der Waals surface area (Å²) in [5.74, 6) is -0.417. The van der Waals surface area contributed by atoms with E-state index in [9.17, 15) is 28.1 Å². The van der Waals surface area contributed by atoms with Crippen LogP contribution in [-0.2, 0) is 37.3 Å². The third kappa shape index (κ3) is 9.58. The zero-order valence-electron chi connectivity index (χ0n) is 30.6. The van der Waals surface area contributed by atoms with Crippen LogP contribution in [0.25, 0.3) is 11.1 Å². The number of para-hydroxylation sites is 1. The molecule has 0 aliphatic carbocycles. The van der Waals surface area contributed by atoms with E-state index in [1.54, 1.807) is 37.8 Å². The predicted molar refractivity (Wildman–Crippen MR) is 200 cm³/mol. The molecule has 0 atom stereocenters. The lowest BCUT2D eigenvalue weighted by atomic mass is 9.94. The SMILES string of the molecule is Cc1cc(OCCN2CCCC2=O)cc(C)c1-c1cccc(CN(c2ccc(CCC(=O)OC(C)(C)C)c(F)c2)S(=O)(=O)c2ccccc2[N+](=O)[O-])c1. The first-order valence-electron chi connectivity index (χ1n) is 17.4. The number of carbonyl (C=O) groups excluding carboxylic acids is 2. The largest absolute Gasteiger partial charge is 0.492 e. The number of sulfonamides is 1. The van der Waals surface area contributed by atoms with Crippen LogP contribution in [0.5, 0.6) is 5.75 Å². The Morgan fingerprint density at radius 2 is 1.72 bits per heavy atom. The topological polar surface area (TPSA) is 136 Å². The summed E-state index contributed by atoms with van der Waals surface area (Å²) < 4.78 is 56.5. The number of aryl methyl sites for hydroxylation is 3. The van der Waals surface area contributed by atoms with Crippen molar-refractivity contribution in [2.75, 3.05) is 24.0 Å². The van der Waals surface area contributed by atoms with Crippen molar-refractivity contribution in [1.82, 2.24) is 4.90 Å². The number of ether oxygens (including phenoxy) is 2. The van der Waals surface area contributed by atoms with Gasteiger partial charge in [-0.25, -0.2) is 12.8 Å². The first-order valence-corrected chi connectivity index (χ1v) is 18.8. The van der Waals surface area contributed by atoms with Gasteiger partial charge in [0.05, 0.1) is 23.7 Å². The van der Waals surface area contributed by atoms with E-state index in [0.717, 1.165) is 57.7 Å². The highest BCUT2D eigenvalue weighted by molar-refractivity contribution is 7.93. The van der Waals surface area contributed by atoms with Crippen molar-refractivity contribution in [2.45, 2.75) is 77.3 Å². The zero-order chi connectivity index (χ0) is 38.5. The van der Waals surface area contributed by atoms with E-state index >= 15 is 4.39 Å². The van der Waals surface area contributed by atoms with Crippen LogP contribution in [0.3, 0.4) is 0 Å². The van der Waals surface area contributed by atoms with Crippen LogP contribution in [0.1, 0.15) is 62.3 Å². The molecule has 1 aliphatic rings. The lowest BCUT2D eigenvalue weighted by molar-refractivity contribution is -0.387. The summed E-state index contributed by atoms with van der Waals surface area (Å²) >= 11 is 0. The highest BCUT2D eigenvalue weighted by Crippen LogP contribution is 2.35. The minimum Gasteiger partial charge on any atom is -0.492 e. The lowest BCUT2D eigenvalue weighted by Gasteiger charge is -2.25. The average Bonchev–Trinajstić information content (AvgIpc) is 3.49. The van der Waals surface area contributed by atoms with Crippen molar-refractivity contribution in [2.24, 2.45) is 0 Å². The number of likely N-dealkylation sites (tertiary alicyclic amines) is 1. The molecule has 1 saturated heterocycles. The Labute approximate surface area is 309 Å². The van der Waals surface area contributed by atoms with Gasteiger partial charge in [0.25, 0.3) is 15.7 Å². The van der Waals surface area contributed by atoms with E-state index < -0.39 is 42.9 Å². The van der Waals surface area contributed by atoms with Gasteiger partial charge in [-0.1, -0.05) is 36.4 Å². The summed E-state index contributed by atoms with van der Waals surface area (Å²) in [6.45, 7) is 10.5. The molecule has 1 amide bonds. The van der Waals surface area contributed by atoms with Crippen LogP contribution in [0.15, 0.2) is 83.8 Å². The summed E-state index contributed by atoms with van der Waals surface area (Å²) in [6.07, 6.45) is 1.38. The fourth-order valence-corrected chi connectivity index (χ4v) is 8.06. The number of hydrogen-bond donors (Lipinski definition) is 0. The Bertz CT molecular complexity index is 2110. The number of anilines is 1. The van der Waals surface area contributed by atoms with Crippen molar-refractivity contribution in [3.63, 3.8) is 0 Å². The van der Waals surface area contributed by atoms with Gasteiger partial charge in [0.2, 0.25) is 5.91 Å². The van der Waals surface area contributed by atoms with Crippen LogP contribution >= 0.6 is 0 Å². The summed E-state index contributed by atoms with van der Waals surface area (Å²) in [5.41, 5.74) is 2.95. The molecule has 0 aromatic heterocycles. The fourth-order valence-electron chi connectivity index (χ4n) is 6.45. The molecule has 0 N–H and O–H groups in total. The number of carbonyl (C=O) groups is 2. The van der Waals surface area contributed by atoms with Crippen LogP contribution in [0.4, 0.5) is 15.8 Å². The zero-order valence-corrected chi connectivity index (χ0v) is 31.4. The summed E-state index contributed by atoms with van der Waals surface area (Å²) in [7, 11) is -4.61. The standard InChI is InChI=1S/C40H44FN3O8S/c1-27-22-33(51-21-20-42-19-9-14-37(42)45)23-28(2)39(27)31-11-8-10-29(24-31)26-43(53(49,50)36-13-7-6-12-35(36)44(47)48)32-17-15-30(34(41)25-32)16-18-38(46)52-40(3,4)5/h6-8,10-13,15,17,22-25H,9,14,16,18-21,26H2,1-5H3. The molecule has 4 aromatic carbocycles. The van der Waals surface area contributed by atoms with Gasteiger partial charge in [-0.05, 0) is 117 Å². The number of nitro benzene ring substituents is 1. The molecule has 5 rings (SSSR count). The fraction of sp³-hybridized carbons (Fsp3) is 0.350. The van der Waals surface area contributed by atoms with Gasteiger partial charge in [-0.3, -0.25) is 24.0 Å². The van der Waals surface area contributed by atoms with Gasteiger partial charge in [0.1, 0.15) is 23.8 Å². The predicted octanol–water partition coefficient (Wildman–Crippen LogP) is 7.69. The van der Waals surface area contributed by atoms with Crippen LogP contribution in [-0.4, -0.2) is 55.4 Å². The highest BCUT2D eigenvalue weighted by atomic mass is 32.2. The van der Waals surface area contributed by atoms with E-state index in [4.69, 9.17) is 9.47 Å². The molecule has 0 saturated carbocycles. The maximum absolute atomic E-state index is 15.6. The van der Waals surface area contributed by atoms with Gasteiger partial charge in [-0.2, -0.15) is 0 Å². The molecule has 11 nitrogen and oxygen atoms in total. The number of rotatable bonds is 14. The van der Waals surface area contributed by atoms with E-state index in [1.165, 1.54) is 24.3 Å². The molecule has 13 heteroatoms. The van der Waals surface area contributed by atoms with Crippen LogP contribution in [0.2, 0.25) is 0 Å². The van der Waals surface area contributed by atoms with Crippen molar-refractivity contribution >= 4 is 33.3 Å². The summed E-state index contributed by atoms with van der Waals surface area (Å²) in [4.78, 5) is 36.6. The molecular weight excluding hydrogens is 702 g/mol. The van der Waals surface area contributed by atoms with E-state index in [-0.39, 0.29) is 36.5 Å². The van der Waals surface area contributed by atoms with Gasteiger partial charge in [-0.15, -0.1) is 0 Å². The quantitative estimate of drug-likeness (QED) is 0.0728. The minimum absolute atomic E-state index is 0.0284. The molecule has 1 fully saturated rings. The van der Waals surface area contributed by atoms with E-state index in [2.05, 4.69) is 0 Å². The molecule has 0 unspecified atom stereocenters. The second kappa shape index (κ2) is 16.2.